The number of aryl methyl sites for hydroxylation is 2. The summed E-state index contributed by atoms with van der Waals surface area (Å²) in [6, 6.07) is 19.8. The second-order valence-corrected chi connectivity index (χ2v) is 10.9. The molecule has 8 nitrogen and oxygen atoms in total. The number of carbonyl (C=O) groups excluding carboxylic acids is 2. The van der Waals surface area contributed by atoms with Crippen LogP contribution in [0.4, 0.5) is 5.69 Å². The van der Waals surface area contributed by atoms with Gasteiger partial charge in [-0.05, 0) is 75.2 Å². The van der Waals surface area contributed by atoms with Crippen molar-refractivity contribution in [2.24, 2.45) is 0 Å². The van der Waals surface area contributed by atoms with Crippen molar-refractivity contribution in [1.29, 1.82) is 0 Å². The van der Waals surface area contributed by atoms with Gasteiger partial charge in [-0.2, -0.15) is 0 Å². The number of nitrogens with zero attached hydrogens (tertiary/aromatic N) is 2. The molecule has 3 aromatic carbocycles. The van der Waals surface area contributed by atoms with Gasteiger partial charge in [0.15, 0.2) is 0 Å². The van der Waals surface area contributed by atoms with E-state index in [0.29, 0.717) is 18.0 Å². The molecule has 3 aromatic rings. The molecule has 0 saturated carbocycles. The zero-order valence-electron chi connectivity index (χ0n) is 22.5. The molecular weight excluding hydrogens is 502 g/mol. The summed E-state index contributed by atoms with van der Waals surface area (Å²) in [5.74, 6) is -0.264. The van der Waals surface area contributed by atoms with Gasteiger partial charge in [0, 0.05) is 13.6 Å². The Morgan fingerprint density at radius 2 is 1.58 bits per heavy atom. The quantitative estimate of drug-likeness (QED) is 0.398. The molecule has 3 rings (SSSR count). The van der Waals surface area contributed by atoms with Crippen LogP contribution in [0.3, 0.4) is 0 Å². The van der Waals surface area contributed by atoms with Crippen LogP contribution in [0.25, 0.3) is 0 Å². The molecular formula is C29H35N3O5S. The summed E-state index contributed by atoms with van der Waals surface area (Å²) in [4.78, 5) is 27.9. The topological polar surface area (TPSA) is 96.0 Å². The average molecular weight is 538 g/mol. The second kappa shape index (κ2) is 12.6. The predicted octanol–water partition coefficient (Wildman–Crippen LogP) is 4.06. The van der Waals surface area contributed by atoms with Crippen LogP contribution in [0, 0.1) is 13.8 Å². The Morgan fingerprint density at radius 1 is 0.947 bits per heavy atom. The van der Waals surface area contributed by atoms with Gasteiger partial charge in [0.25, 0.3) is 10.0 Å². The van der Waals surface area contributed by atoms with E-state index in [-0.39, 0.29) is 17.3 Å². The summed E-state index contributed by atoms with van der Waals surface area (Å²) in [5, 5.41) is 2.59. The number of ether oxygens (including phenoxy) is 1. The summed E-state index contributed by atoms with van der Waals surface area (Å²) in [5.41, 5.74) is 3.05. The molecule has 0 saturated heterocycles. The zero-order valence-corrected chi connectivity index (χ0v) is 23.3. The van der Waals surface area contributed by atoms with Gasteiger partial charge < -0.3 is 15.0 Å². The number of benzene rings is 3. The minimum atomic E-state index is -4.11. The third kappa shape index (κ3) is 6.72. The second-order valence-electron chi connectivity index (χ2n) is 8.99. The van der Waals surface area contributed by atoms with Crippen LogP contribution in [0.5, 0.6) is 5.75 Å². The number of anilines is 1. The molecule has 0 aliphatic heterocycles. The Bertz CT molecular complexity index is 1360. The molecule has 0 aliphatic carbocycles. The molecule has 9 heteroatoms. The number of nitrogens with one attached hydrogen (secondary N) is 1. The minimum Gasteiger partial charge on any atom is -0.494 e. The van der Waals surface area contributed by atoms with E-state index in [1.807, 2.05) is 45.0 Å². The van der Waals surface area contributed by atoms with Gasteiger partial charge >= 0.3 is 0 Å². The largest absolute Gasteiger partial charge is 0.494 e. The van der Waals surface area contributed by atoms with Crippen LogP contribution >= 0.6 is 0 Å². The smallest absolute Gasteiger partial charge is 0.264 e. The lowest BCUT2D eigenvalue weighted by Crippen LogP contribution is -2.50. The SMILES string of the molecule is CCOc1ccc(N(CC(=O)N(Cc2ccccc2C)C(C)C(=O)NC)S(=O)(=O)c2ccc(C)cc2)cc1. The molecule has 0 fully saturated rings. The number of rotatable bonds is 11. The first-order valence-electron chi connectivity index (χ1n) is 12.5. The number of hydrogen-bond acceptors (Lipinski definition) is 5. The molecule has 2 amide bonds. The summed E-state index contributed by atoms with van der Waals surface area (Å²) in [6.45, 7) is 7.42. The van der Waals surface area contributed by atoms with Crippen LogP contribution in [0.15, 0.2) is 77.7 Å². The fourth-order valence-electron chi connectivity index (χ4n) is 4.00. The molecule has 0 heterocycles. The highest BCUT2D eigenvalue weighted by atomic mass is 32.2. The third-order valence-corrected chi connectivity index (χ3v) is 8.13. The van der Waals surface area contributed by atoms with Crippen molar-refractivity contribution in [3.05, 3.63) is 89.5 Å². The van der Waals surface area contributed by atoms with Gasteiger partial charge in [0.1, 0.15) is 18.3 Å². The van der Waals surface area contributed by atoms with Crippen LogP contribution < -0.4 is 14.4 Å². The predicted molar refractivity (Wildman–Crippen MR) is 149 cm³/mol. The van der Waals surface area contributed by atoms with Crippen LogP contribution in [-0.2, 0) is 26.2 Å². The third-order valence-electron chi connectivity index (χ3n) is 6.34. The van der Waals surface area contributed by atoms with E-state index in [4.69, 9.17) is 4.74 Å². The maximum absolute atomic E-state index is 13.8. The molecule has 1 N–H and O–H groups in total. The lowest BCUT2D eigenvalue weighted by Gasteiger charge is -2.32. The average Bonchev–Trinajstić information content (AvgIpc) is 2.91. The molecule has 202 valence electrons. The first-order chi connectivity index (χ1) is 18.1. The monoisotopic (exact) mass is 537 g/mol. The van der Waals surface area contributed by atoms with Crippen molar-refractivity contribution < 1.29 is 22.7 Å². The fraction of sp³-hybridized carbons (Fsp3) is 0.310. The zero-order chi connectivity index (χ0) is 27.9. The fourth-order valence-corrected chi connectivity index (χ4v) is 5.42. The molecule has 1 unspecified atom stereocenters. The van der Waals surface area contributed by atoms with Crippen molar-refractivity contribution >= 4 is 27.5 Å². The molecule has 38 heavy (non-hydrogen) atoms. The van der Waals surface area contributed by atoms with Gasteiger partial charge in [-0.3, -0.25) is 13.9 Å². The van der Waals surface area contributed by atoms with Gasteiger partial charge in [-0.1, -0.05) is 42.0 Å². The van der Waals surface area contributed by atoms with E-state index in [9.17, 15) is 18.0 Å². The van der Waals surface area contributed by atoms with Crippen molar-refractivity contribution in [2.75, 3.05) is 24.5 Å². The van der Waals surface area contributed by atoms with Crippen molar-refractivity contribution in [3.63, 3.8) is 0 Å². The molecule has 1 atom stereocenters. The maximum Gasteiger partial charge on any atom is 0.264 e. The normalized spacial score (nSPS) is 11.9. The van der Waals surface area contributed by atoms with E-state index < -0.39 is 28.5 Å². The highest BCUT2D eigenvalue weighted by Gasteiger charge is 2.32. The Kier molecular flexibility index (Phi) is 9.52. The van der Waals surface area contributed by atoms with Crippen molar-refractivity contribution in [1.82, 2.24) is 10.2 Å². The van der Waals surface area contributed by atoms with E-state index in [1.165, 1.54) is 24.1 Å². The minimum absolute atomic E-state index is 0.0644. The Labute approximate surface area is 225 Å². The molecule has 0 spiro atoms. The van der Waals surface area contributed by atoms with Crippen molar-refractivity contribution in [2.45, 2.75) is 45.2 Å². The maximum atomic E-state index is 13.8. The van der Waals surface area contributed by atoms with E-state index in [0.717, 1.165) is 21.0 Å². The van der Waals surface area contributed by atoms with Crippen LogP contribution in [0.2, 0.25) is 0 Å². The lowest BCUT2D eigenvalue weighted by molar-refractivity contribution is -0.139. The Hall–Kier alpha value is -3.85. The summed E-state index contributed by atoms with van der Waals surface area (Å²) < 4.78 is 34.2. The first-order valence-corrected chi connectivity index (χ1v) is 13.9. The van der Waals surface area contributed by atoms with E-state index in [1.54, 1.807) is 43.3 Å². The van der Waals surface area contributed by atoms with E-state index >= 15 is 0 Å². The van der Waals surface area contributed by atoms with Gasteiger partial charge in [0.05, 0.1) is 17.2 Å². The number of hydrogen-bond donors (Lipinski definition) is 1. The molecule has 0 aliphatic rings. The van der Waals surface area contributed by atoms with Gasteiger partial charge in [0.2, 0.25) is 11.8 Å². The highest BCUT2D eigenvalue weighted by Crippen LogP contribution is 2.27. The van der Waals surface area contributed by atoms with Crippen LogP contribution in [0.1, 0.15) is 30.5 Å². The van der Waals surface area contributed by atoms with Crippen LogP contribution in [-0.4, -0.2) is 51.4 Å². The standard InChI is InChI=1S/C29H35N3O5S/c1-6-37-26-15-13-25(14-16-26)32(38(35,36)27-17-11-21(2)12-18-27)20-28(33)31(23(4)29(34)30-5)19-24-10-8-7-9-22(24)3/h7-18,23H,6,19-20H2,1-5H3,(H,30,34). The number of amides is 2. The number of likely N-dealkylation sites (N-methyl/N-ethyl adjacent to an activating group) is 1. The lowest BCUT2D eigenvalue weighted by atomic mass is 10.1. The summed E-state index contributed by atoms with van der Waals surface area (Å²) in [7, 11) is -2.61. The Balaban J connectivity index is 2.04. The summed E-state index contributed by atoms with van der Waals surface area (Å²) in [6.07, 6.45) is 0. The number of sulfonamides is 1. The van der Waals surface area contributed by atoms with E-state index in [2.05, 4.69) is 5.32 Å². The van der Waals surface area contributed by atoms with Gasteiger partial charge in [-0.25, -0.2) is 8.42 Å². The molecule has 0 bridgehead atoms. The highest BCUT2D eigenvalue weighted by molar-refractivity contribution is 7.92. The molecule has 0 aromatic heterocycles. The number of carbonyl (C=O) groups is 2. The van der Waals surface area contributed by atoms with Crippen molar-refractivity contribution in [3.8, 4) is 5.75 Å². The summed E-state index contributed by atoms with van der Waals surface area (Å²) >= 11 is 0. The first kappa shape index (κ1) is 28.7. The van der Waals surface area contributed by atoms with Gasteiger partial charge in [-0.15, -0.1) is 0 Å². The molecule has 0 radical (unpaired) electrons. The Morgan fingerprint density at radius 3 is 2.16 bits per heavy atom.